The molecule has 0 N–H and O–H groups in total. The lowest BCUT2D eigenvalue weighted by atomic mass is 9.92. The van der Waals surface area contributed by atoms with E-state index < -0.39 is 0 Å². The zero-order chi connectivity index (χ0) is 40.5. The van der Waals surface area contributed by atoms with Crippen molar-refractivity contribution in [1.29, 1.82) is 0 Å². The molecule has 0 radical (unpaired) electrons. The van der Waals surface area contributed by atoms with Gasteiger partial charge in [0.2, 0.25) is 0 Å². The third kappa shape index (κ3) is 6.59. The van der Waals surface area contributed by atoms with Crippen LogP contribution in [0.1, 0.15) is 0 Å². The van der Waals surface area contributed by atoms with Gasteiger partial charge in [-0.05, 0) is 40.5 Å². The molecule has 286 valence electrons. The molecule has 0 fully saturated rings. The number of hydrogen-bond donors (Lipinski definition) is 0. The van der Waals surface area contributed by atoms with E-state index in [1.165, 1.54) is 21.9 Å². The molecule has 11 aromatic rings. The molecule has 61 heavy (non-hydrogen) atoms. The van der Waals surface area contributed by atoms with Crippen LogP contribution in [0.15, 0.2) is 237 Å². The first-order valence-corrected chi connectivity index (χ1v) is 20.7. The highest BCUT2D eigenvalue weighted by Gasteiger charge is 2.26. The van der Waals surface area contributed by atoms with Crippen LogP contribution in [0.5, 0.6) is 0 Å². The second-order valence-corrected chi connectivity index (χ2v) is 15.3. The Bertz CT molecular complexity index is 3090. The van der Waals surface area contributed by atoms with Crippen LogP contribution in [0.4, 0.5) is 0 Å². The van der Waals surface area contributed by atoms with Gasteiger partial charge in [-0.3, -0.25) is 0 Å². The van der Waals surface area contributed by atoms with Crippen LogP contribution in [0, 0.1) is 0 Å². The first kappa shape index (κ1) is 36.0. The van der Waals surface area contributed by atoms with Crippen LogP contribution in [0.3, 0.4) is 0 Å². The van der Waals surface area contributed by atoms with E-state index in [4.69, 9.17) is 9.97 Å². The van der Waals surface area contributed by atoms with E-state index in [1.54, 1.807) is 0 Å². The van der Waals surface area contributed by atoms with Crippen LogP contribution < -0.4 is 0 Å². The van der Waals surface area contributed by atoms with Gasteiger partial charge in [0.05, 0.1) is 28.1 Å². The zero-order valence-corrected chi connectivity index (χ0v) is 33.4. The molecule has 3 nitrogen and oxygen atoms in total. The SMILES string of the molecule is c1ccc(-c2cc(-c3ccccc3)nc(-c3cc(-c4ccccc4)c(-n4c5c(-c6ccccc6)cccc5c5cccc(-c6ccccc6)c54)c(-c4ccccc4)c3)n2)cc1. The van der Waals surface area contributed by atoms with Crippen molar-refractivity contribution in [1.82, 2.24) is 14.5 Å². The molecule has 0 aliphatic heterocycles. The molecular weight excluding hydrogens is 739 g/mol. The maximum atomic E-state index is 5.35. The fourth-order valence-corrected chi connectivity index (χ4v) is 8.81. The molecule has 2 heterocycles. The maximum Gasteiger partial charge on any atom is 0.160 e. The molecular formula is C58H39N3. The van der Waals surface area contributed by atoms with Crippen molar-refractivity contribution < 1.29 is 0 Å². The van der Waals surface area contributed by atoms with Gasteiger partial charge in [0.25, 0.3) is 0 Å². The summed E-state index contributed by atoms with van der Waals surface area (Å²) in [5.41, 5.74) is 17.2. The van der Waals surface area contributed by atoms with E-state index in [9.17, 15) is 0 Å². The van der Waals surface area contributed by atoms with Gasteiger partial charge in [0.1, 0.15) is 0 Å². The third-order valence-corrected chi connectivity index (χ3v) is 11.6. The minimum atomic E-state index is 0.665. The fourth-order valence-electron chi connectivity index (χ4n) is 8.81. The number of benzene rings is 9. The Morgan fingerprint density at radius 2 is 0.590 bits per heavy atom. The molecule has 11 rings (SSSR count). The number of rotatable bonds is 8. The average Bonchev–Trinajstić information content (AvgIpc) is 3.69. The van der Waals surface area contributed by atoms with Crippen molar-refractivity contribution in [2.24, 2.45) is 0 Å². The summed E-state index contributed by atoms with van der Waals surface area (Å²) in [6.45, 7) is 0. The Hall–Kier alpha value is -8.14. The second kappa shape index (κ2) is 15.6. The summed E-state index contributed by atoms with van der Waals surface area (Å²) in [4.78, 5) is 10.7. The summed E-state index contributed by atoms with van der Waals surface area (Å²) in [5.74, 6) is 0.665. The van der Waals surface area contributed by atoms with Gasteiger partial charge in [-0.15, -0.1) is 0 Å². The lowest BCUT2D eigenvalue weighted by Gasteiger charge is -2.23. The molecule has 3 heteroatoms. The standard InChI is InChI=1S/C58H39N3/c1-7-21-40(22-8-1)47-33-19-35-49-50-36-20-34-48(41-23-9-2-10-24-41)56(50)61(55(47)49)57-51(42-25-11-3-12-26-42)37-46(38-52(57)43-27-13-4-14-28-43)58-59-53(44-29-15-5-16-30-44)39-54(60-58)45-31-17-6-18-32-45/h1-39H. The topological polar surface area (TPSA) is 30.7 Å². The first-order chi connectivity index (χ1) is 30.3. The van der Waals surface area contributed by atoms with Crippen molar-refractivity contribution in [3.05, 3.63) is 237 Å². The summed E-state index contributed by atoms with van der Waals surface area (Å²) >= 11 is 0. The molecule has 0 bridgehead atoms. The Kier molecular flexibility index (Phi) is 9.18. The maximum absolute atomic E-state index is 5.35. The Labute approximate surface area is 355 Å². The molecule has 2 aromatic heterocycles. The van der Waals surface area contributed by atoms with Crippen molar-refractivity contribution in [3.63, 3.8) is 0 Å². The van der Waals surface area contributed by atoms with Crippen LogP contribution >= 0.6 is 0 Å². The third-order valence-electron chi connectivity index (χ3n) is 11.6. The molecule has 9 aromatic carbocycles. The first-order valence-electron chi connectivity index (χ1n) is 20.7. The van der Waals surface area contributed by atoms with E-state index >= 15 is 0 Å². The van der Waals surface area contributed by atoms with Gasteiger partial charge in [0.15, 0.2) is 5.82 Å². The van der Waals surface area contributed by atoms with Gasteiger partial charge in [-0.25, -0.2) is 9.97 Å². The van der Waals surface area contributed by atoms with Gasteiger partial charge in [-0.2, -0.15) is 0 Å². The monoisotopic (exact) mass is 777 g/mol. The summed E-state index contributed by atoms with van der Waals surface area (Å²) < 4.78 is 2.56. The Morgan fingerprint density at radius 1 is 0.262 bits per heavy atom. The van der Waals surface area contributed by atoms with Gasteiger partial charge >= 0.3 is 0 Å². The van der Waals surface area contributed by atoms with E-state index in [1.807, 2.05) is 12.1 Å². The summed E-state index contributed by atoms with van der Waals surface area (Å²) in [7, 11) is 0. The van der Waals surface area contributed by atoms with E-state index in [0.29, 0.717) is 5.82 Å². The molecule has 0 unspecified atom stereocenters. The number of para-hydroxylation sites is 2. The van der Waals surface area contributed by atoms with Gasteiger partial charge in [0, 0.05) is 49.7 Å². The van der Waals surface area contributed by atoms with Crippen LogP contribution in [0.25, 0.3) is 106 Å². The minimum Gasteiger partial charge on any atom is -0.307 e. The minimum absolute atomic E-state index is 0.665. The molecule has 0 saturated carbocycles. The number of fused-ring (bicyclic) bond motifs is 3. The molecule has 0 saturated heterocycles. The second-order valence-electron chi connectivity index (χ2n) is 15.3. The lowest BCUT2D eigenvalue weighted by Crippen LogP contribution is -2.04. The lowest BCUT2D eigenvalue weighted by molar-refractivity contribution is 1.17. The highest BCUT2D eigenvalue weighted by Crippen LogP contribution is 2.47. The van der Waals surface area contributed by atoms with E-state index in [0.717, 1.165) is 78.2 Å². The number of hydrogen-bond acceptors (Lipinski definition) is 2. The van der Waals surface area contributed by atoms with Crippen LogP contribution in [-0.4, -0.2) is 14.5 Å². The summed E-state index contributed by atoms with van der Waals surface area (Å²) in [6.07, 6.45) is 0. The molecule has 0 aliphatic rings. The van der Waals surface area contributed by atoms with Crippen LogP contribution in [-0.2, 0) is 0 Å². The average molecular weight is 778 g/mol. The van der Waals surface area contributed by atoms with E-state index in [-0.39, 0.29) is 0 Å². The molecule has 0 spiro atoms. The Balaban J connectivity index is 1.31. The summed E-state index contributed by atoms with van der Waals surface area (Å²) in [6, 6.07) is 84.2. The summed E-state index contributed by atoms with van der Waals surface area (Å²) in [5, 5.41) is 2.39. The quantitative estimate of drug-likeness (QED) is 0.154. The van der Waals surface area contributed by atoms with Crippen molar-refractivity contribution in [2.75, 3.05) is 0 Å². The predicted octanol–water partition coefficient (Wildman–Crippen LogP) is 15.2. The predicted molar refractivity (Wildman–Crippen MR) is 254 cm³/mol. The molecule has 0 amide bonds. The largest absolute Gasteiger partial charge is 0.307 e. The highest BCUT2D eigenvalue weighted by molar-refractivity contribution is 6.18. The number of aromatic nitrogens is 3. The normalized spacial score (nSPS) is 11.3. The highest BCUT2D eigenvalue weighted by atomic mass is 15.0. The Morgan fingerprint density at radius 3 is 0.951 bits per heavy atom. The smallest absolute Gasteiger partial charge is 0.160 e. The van der Waals surface area contributed by atoms with E-state index in [2.05, 4.69) is 229 Å². The van der Waals surface area contributed by atoms with Gasteiger partial charge in [-0.1, -0.05) is 218 Å². The number of nitrogens with zero attached hydrogens (tertiary/aromatic N) is 3. The van der Waals surface area contributed by atoms with Crippen molar-refractivity contribution >= 4 is 21.8 Å². The van der Waals surface area contributed by atoms with Crippen LogP contribution in [0.2, 0.25) is 0 Å². The molecule has 0 aliphatic carbocycles. The van der Waals surface area contributed by atoms with Crippen molar-refractivity contribution in [3.8, 4) is 84.1 Å². The molecule has 0 atom stereocenters. The van der Waals surface area contributed by atoms with Gasteiger partial charge < -0.3 is 4.57 Å². The zero-order valence-electron chi connectivity index (χ0n) is 33.4. The van der Waals surface area contributed by atoms with Crippen molar-refractivity contribution in [2.45, 2.75) is 0 Å². The fraction of sp³-hybridized carbons (Fsp3) is 0.